The number of methoxy groups -OCH3 is 1. The van der Waals surface area contributed by atoms with E-state index in [0.29, 0.717) is 41.0 Å². The number of benzene rings is 2. The van der Waals surface area contributed by atoms with Gasteiger partial charge in [0.05, 0.1) is 18.7 Å². The van der Waals surface area contributed by atoms with E-state index < -0.39 is 0 Å². The first-order valence-electron chi connectivity index (χ1n) is 8.96. The number of carbonyl (C=O) groups is 2. The van der Waals surface area contributed by atoms with Crippen molar-refractivity contribution in [2.24, 2.45) is 0 Å². The normalized spacial score (nSPS) is 10.4. The number of thiazole rings is 1. The third kappa shape index (κ3) is 6.41. The summed E-state index contributed by atoms with van der Waals surface area (Å²) < 4.78 is 10.4. The van der Waals surface area contributed by atoms with Gasteiger partial charge < -0.3 is 14.8 Å². The van der Waals surface area contributed by atoms with Crippen molar-refractivity contribution in [1.29, 1.82) is 0 Å². The maximum Gasteiger partial charge on any atom is 0.257 e. The lowest BCUT2D eigenvalue weighted by Gasteiger charge is -2.07. The van der Waals surface area contributed by atoms with E-state index in [1.807, 2.05) is 6.07 Å². The number of hydrogen-bond donors (Lipinski definition) is 2. The fraction of sp³-hybridized carbons (Fsp3) is 0.190. The van der Waals surface area contributed by atoms with Crippen molar-refractivity contribution in [3.63, 3.8) is 0 Å². The molecule has 1 heterocycles. The lowest BCUT2D eigenvalue weighted by molar-refractivity contribution is -0.115. The molecule has 0 unspecified atom stereocenters. The Labute approximate surface area is 172 Å². The molecule has 2 N–H and O–H groups in total. The lowest BCUT2D eigenvalue weighted by atomic mass is 10.2. The Morgan fingerprint density at radius 1 is 1.00 bits per heavy atom. The molecule has 0 fully saturated rings. The van der Waals surface area contributed by atoms with Crippen LogP contribution in [0.3, 0.4) is 0 Å². The molecule has 8 heteroatoms. The molecule has 0 aliphatic rings. The summed E-state index contributed by atoms with van der Waals surface area (Å²) >= 11 is 1.28. The maximum absolute atomic E-state index is 12.2. The van der Waals surface area contributed by atoms with Gasteiger partial charge in [0.1, 0.15) is 12.4 Å². The fourth-order valence-corrected chi connectivity index (χ4v) is 3.16. The molecular weight excluding hydrogens is 390 g/mol. The Kier molecular flexibility index (Phi) is 7.32. The summed E-state index contributed by atoms with van der Waals surface area (Å²) in [6.07, 6.45) is 0.115. The largest absolute Gasteiger partial charge is 0.491 e. The molecule has 0 atom stereocenters. The molecule has 3 aromatic rings. The number of aromatic nitrogens is 1. The summed E-state index contributed by atoms with van der Waals surface area (Å²) in [5, 5.41) is 7.78. The quantitative estimate of drug-likeness (QED) is 0.525. The van der Waals surface area contributed by atoms with Crippen LogP contribution in [0.4, 0.5) is 10.8 Å². The molecule has 3 rings (SSSR count). The lowest BCUT2D eigenvalue weighted by Crippen LogP contribution is -2.15. The molecular formula is C21H21N3O4S. The Morgan fingerprint density at radius 3 is 2.48 bits per heavy atom. The second-order valence-corrected chi connectivity index (χ2v) is 6.91. The SMILES string of the molecule is COCCOc1ccc(NC(=O)Cc2csc(NC(=O)c3ccccc3)n2)cc1. The third-order valence-electron chi connectivity index (χ3n) is 3.84. The predicted octanol–water partition coefficient (Wildman–Crippen LogP) is 3.60. The Balaban J connectivity index is 1.49. The summed E-state index contributed by atoms with van der Waals surface area (Å²) in [7, 11) is 1.62. The number of rotatable bonds is 9. The Morgan fingerprint density at radius 2 is 1.76 bits per heavy atom. The van der Waals surface area contributed by atoms with Crippen LogP contribution in [0.5, 0.6) is 5.75 Å². The smallest absolute Gasteiger partial charge is 0.257 e. The Hall–Kier alpha value is -3.23. The van der Waals surface area contributed by atoms with E-state index in [2.05, 4.69) is 15.6 Å². The van der Waals surface area contributed by atoms with Gasteiger partial charge in [-0.1, -0.05) is 18.2 Å². The molecule has 1 aromatic heterocycles. The summed E-state index contributed by atoms with van der Waals surface area (Å²) in [6, 6.07) is 16.0. The average Bonchev–Trinajstić information content (AvgIpc) is 3.16. The molecule has 0 saturated heterocycles. The number of hydrogen-bond acceptors (Lipinski definition) is 6. The average molecular weight is 411 g/mol. The zero-order valence-corrected chi connectivity index (χ0v) is 16.7. The summed E-state index contributed by atoms with van der Waals surface area (Å²) in [5.41, 5.74) is 1.81. The molecule has 0 radical (unpaired) electrons. The van der Waals surface area contributed by atoms with Crippen LogP contribution in [0.1, 0.15) is 16.1 Å². The van der Waals surface area contributed by atoms with Crippen LogP contribution in [0.25, 0.3) is 0 Å². The highest BCUT2D eigenvalue weighted by Gasteiger charge is 2.11. The Bertz CT molecular complexity index is 942. The van der Waals surface area contributed by atoms with Crippen LogP contribution in [-0.2, 0) is 16.0 Å². The van der Waals surface area contributed by atoms with Gasteiger partial charge in [-0.15, -0.1) is 11.3 Å². The molecule has 29 heavy (non-hydrogen) atoms. The third-order valence-corrected chi connectivity index (χ3v) is 4.65. The molecule has 0 bridgehead atoms. The minimum absolute atomic E-state index is 0.115. The fourth-order valence-electron chi connectivity index (χ4n) is 2.45. The zero-order valence-electron chi connectivity index (χ0n) is 15.9. The van der Waals surface area contributed by atoms with Crippen LogP contribution in [0.2, 0.25) is 0 Å². The number of ether oxygens (including phenoxy) is 2. The van der Waals surface area contributed by atoms with Gasteiger partial charge in [-0.2, -0.15) is 0 Å². The highest BCUT2D eigenvalue weighted by Crippen LogP contribution is 2.19. The molecule has 0 aliphatic heterocycles. The number of anilines is 2. The van der Waals surface area contributed by atoms with Crippen molar-refractivity contribution >= 4 is 34.0 Å². The van der Waals surface area contributed by atoms with E-state index >= 15 is 0 Å². The molecule has 2 aromatic carbocycles. The van der Waals surface area contributed by atoms with E-state index in [4.69, 9.17) is 9.47 Å². The standard InChI is InChI=1S/C21H21N3O4S/c1-27-11-12-28-18-9-7-16(8-10-18)22-19(25)13-17-14-29-21(23-17)24-20(26)15-5-3-2-4-6-15/h2-10,14H,11-13H2,1H3,(H,22,25)(H,23,24,26). The van der Waals surface area contributed by atoms with Gasteiger partial charge in [0.2, 0.25) is 5.91 Å². The molecule has 0 aliphatic carbocycles. The summed E-state index contributed by atoms with van der Waals surface area (Å²) in [5.74, 6) is 0.284. The van der Waals surface area contributed by atoms with Crippen LogP contribution < -0.4 is 15.4 Å². The van der Waals surface area contributed by atoms with Crippen molar-refractivity contribution in [3.05, 3.63) is 71.2 Å². The molecule has 0 spiro atoms. The van der Waals surface area contributed by atoms with E-state index in [1.54, 1.807) is 61.0 Å². The second-order valence-electron chi connectivity index (χ2n) is 6.05. The van der Waals surface area contributed by atoms with Crippen LogP contribution in [-0.4, -0.2) is 37.1 Å². The van der Waals surface area contributed by atoms with Gasteiger partial charge in [-0.05, 0) is 36.4 Å². The molecule has 2 amide bonds. The minimum Gasteiger partial charge on any atom is -0.491 e. The first kappa shape index (κ1) is 20.5. The number of amides is 2. The second kappa shape index (κ2) is 10.4. The van der Waals surface area contributed by atoms with Gasteiger partial charge in [0.25, 0.3) is 5.91 Å². The van der Waals surface area contributed by atoms with Crippen LogP contribution in [0, 0.1) is 0 Å². The number of carbonyl (C=O) groups excluding carboxylic acids is 2. The van der Waals surface area contributed by atoms with Gasteiger partial charge in [-0.3, -0.25) is 14.9 Å². The maximum atomic E-state index is 12.2. The van der Waals surface area contributed by atoms with Crippen molar-refractivity contribution < 1.29 is 19.1 Å². The van der Waals surface area contributed by atoms with Crippen molar-refractivity contribution in [2.45, 2.75) is 6.42 Å². The highest BCUT2D eigenvalue weighted by atomic mass is 32.1. The first-order valence-corrected chi connectivity index (χ1v) is 9.84. The summed E-state index contributed by atoms with van der Waals surface area (Å²) in [4.78, 5) is 28.7. The minimum atomic E-state index is -0.233. The molecule has 150 valence electrons. The summed E-state index contributed by atoms with van der Waals surface area (Å²) in [6.45, 7) is 0.981. The van der Waals surface area contributed by atoms with Gasteiger partial charge in [-0.25, -0.2) is 4.98 Å². The van der Waals surface area contributed by atoms with Crippen LogP contribution in [0.15, 0.2) is 60.0 Å². The molecule has 7 nitrogen and oxygen atoms in total. The van der Waals surface area contributed by atoms with E-state index in [-0.39, 0.29) is 18.2 Å². The van der Waals surface area contributed by atoms with Crippen LogP contribution >= 0.6 is 11.3 Å². The highest BCUT2D eigenvalue weighted by molar-refractivity contribution is 7.14. The van der Waals surface area contributed by atoms with Crippen molar-refractivity contribution in [2.75, 3.05) is 31.0 Å². The topological polar surface area (TPSA) is 89.5 Å². The van der Waals surface area contributed by atoms with Crippen molar-refractivity contribution in [3.8, 4) is 5.75 Å². The van der Waals surface area contributed by atoms with Crippen molar-refractivity contribution in [1.82, 2.24) is 4.98 Å². The van der Waals surface area contributed by atoms with Gasteiger partial charge in [0, 0.05) is 23.7 Å². The first-order chi connectivity index (χ1) is 14.1. The number of nitrogens with zero attached hydrogens (tertiary/aromatic N) is 1. The molecule has 0 saturated carbocycles. The van der Waals surface area contributed by atoms with E-state index in [9.17, 15) is 9.59 Å². The monoisotopic (exact) mass is 411 g/mol. The zero-order chi connectivity index (χ0) is 20.5. The predicted molar refractivity (Wildman–Crippen MR) is 113 cm³/mol. The van der Waals surface area contributed by atoms with Gasteiger partial charge >= 0.3 is 0 Å². The van der Waals surface area contributed by atoms with E-state index in [0.717, 1.165) is 0 Å². The number of nitrogens with one attached hydrogen (secondary N) is 2. The van der Waals surface area contributed by atoms with Gasteiger partial charge in [0.15, 0.2) is 5.13 Å². The van der Waals surface area contributed by atoms with E-state index in [1.165, 1.54) is 11.3 Å².